The van der Waals surface area contributed by atoms with E-state index in [4.69, 9.17) is 0 Å². The summed E-state index contributed by atoms with van der Waals surface area (Å²) in [5.41, 5.74) is 1.52. The van der Waals surface area contributed by atoms with Crippen molar-refractivity contribution in [2.45, 2.75) is 40.0 Å². The lowest BCUT2D eigenvalue weighted by Gasteiger charge is -2.17. The zero-order chi connectivity index (χ0) is 14.7. The van der Waals surface area contributed by atoms with E-state index in [1.165, 1.54) is 0 Å². The van der Waals surface area contributed by atoms with Gasteiger partial charge in [-0.15, -0.1) is 0 Å². The van der Waals surface area contributed by atoms with E-state index in [0.717, 1.165) is 16.6 Å². The molecular formula is C15H21N3O2. The fourth-order valence-corrected chi connectivity index (χ4v) is 2.06. The number of amides is 1. The molecule has 0 aromatic carbocycles. The molecule has 1 unspecified atom stereocenters. The highest BCUT2D eigenvalue weighted by atomic mass is 16.3. The first-order valence-corrected chi connectivity index (χ1v) is 6.86. The van der Waals surface area contributed by atoms with Gasteiger partial charge in [-0.05, 0) is 25.0 Å². The fourth-order valence-electron chi connectivity index (χ4n) is 2.06. The third-order valence-electron chi connectivity index (χ3n) is 3.59. The molecule has 5 nitrogen and oxygen atoms in total. The van der Waals surface area contributed by atoms with Crippen LogP contribution in [0.25, 0.3) is 11.0 Å². The van der Waals surface area contributed by atoms with E-state index in [9.17, 15) is 9.90 Å². The first-order valence-electron chi connectivity index (χ1n) is 6.86. The van der Waals surface area contributed by atoms with Crippen LogP contribution in [0.1, 0.15) is 26.3 Å². The van der Waals surface area contributed by atoms with E-state index < -0.39 is 0 Å². The third-order valence-corrected chi connectivity index (χ3v) is 3.59. The van der Waals surface area contributed by atoms with Gasteiger partial charge in [0.25, 0.3) is 0 Å². The number of carbonyl (C=O) groups excluding carboxylic acids is 1. The van der Waals surface area contributed by atoms with Crippen molar-refractivity contribution in [2.75, 3.05) is 0 Å². The maximum Gasteiger partial charge on any atom is 0.240 e. The van der Waals surface area contributed by atoms with Crippen LogP contribution in [-0.4, -0.2) is 26.6 Å². The molecular weight excluding hydrogens is 254 g/mol. The minimum Gasteiger partial charge on any atom is -0.392 e. The molecule has 0 saturated heterocycles. The number of nitrogens with one attached hydrogen (secondary N) is 1. The molecule has 0 spiro atoms. The molecule has 20 heavy (non-hydrogen) atoms. The van der Waals surface area contributed by atoms with Gasteiger partial charge in [-0.2, -0.15) is 0 Å². The lowest BCUT2D eigenvalue weighted by atomic mass is 10.1. The van der Waals surface area contributed by atoms with Crippen LogP contribution in [0.2, 0.25) is 0 Å². The largest absolute Gasteiger partial charge is 0.392 e. The summed E-state index contributed by atoms with van der Waals surface area (Å²) in [6.45, 7) is 6.29. The first kappa shape index (κ1) is 14.5. The van der Waals surface area contributed by atoms with Crippen LogP contribution in [0.15, 0.2) is 24.5 Å². The number of hydrogen-bond acceptors (Lipinski definition) is 3. The predicted octanol–water partition coefficient (Wildman–Crippen LogP) is 1.69. The second-order valence-electron chi connectivity index (χ2n) is 5.42. The van der Waals surface area contributed by atoms with E-state index >= 15 is 0 Å². The lowest BCUT2D eigenvalue weighted by Crippen LogP contribution is -2.38. The molecule has 0 fully saturated rings. The Labute approximate surface area is 118 Å². The standard InChI is InChI=1S/C15H21N3O2/c1-10(2)11(3)17-14(20)8-18-7-12(9-19)13-5-4-6-16-15(13)18/h4-7,10-11,19H,8-9H2,1-3H3,(H,17,20). The van der Waals surface area contributed by atoms with Gasteiger partial charge in [-0.3, -0.25) is 4.79 Å². The third kappa shape index (κ3) is 2.99. The molecule has 0 aliphatic rings. The van der Waals surface area contributed by atoms with Gasteiger partial charge >= 0.3 is 0 Å². The Bertz CT molecular complexity index is 604. The minimum absolute atomic E-state index is 0.0433. The van der Waals surface area contributed by atoms with Crippen molar-refractivity contribution in [1.29, 1.82) is 0 Å². The Kier molecular flexibility index (Phi) is 4.39. The predicted molar refractivity (Wildman–Crippen MR) is 78.1 cm³/mol. The number of aromatic nitrogens is 2. The van der Waals surface area contributed by atoms with Gasteiger partial charge in [0.1, 0.15) is 12.2 Å². The normalized spacial score (nSPS) is 12.8. The molecule has 1 amide bonds. The van der Waals surface area contributed by atoms with E-state index in [2.05, 4.69) is 24.1 Å². The van der Waals surface area contributed by atoms with Gasteiger partial charge in [0.15, 0.2) is 0 Å². The first-order chi connectivity index (χ1) is 9.52. The summed E-state index contributed by atoms with van der Waals surface area (Å²) >= 11 is 0. The number of carbonyl (C=O) groups is 1. The molecule has 2 aromatic rings. The SMILES string of the molecule is CC(C)C(C)NC(=O)Cn1cc(CO)c2cccnc21. The van der Waals surface area contributed by atoms with Gasteiger partial charge in [-0.25, -0.2) is 4.98 Å². The molecule has 1 atom stereocenters. The Balaban J connectivity index is 2.19. The highest BCUT2D eigenvalue weighted by molar-refractivity contribution is 5.83. The van der Waals surface area contributed by atoms with Crippen molar-refractivity contribution in [1.82, 2.24) is 14.9 Å². The Morgan fingerprint density at radius 2 is 2.20 bits per heavy atom. The van der Waals surface area contributed by atoms with Crippen LogP contribution in [0.4, 0.5) is 0 Å². The Morgan fingerprint density at radius 1 is 1.45 bits per heavy atom. The zero-order valence-electron chi connectivity index (χ0n) is 12.1. The molecule has 0 aliphatic carbocycles. The highest BCUT2D eigenvalue weighted by Gasteiger charge is 2.14. The van der Waals surface area contributed by atoms with Gasteiger partial charge in [0.05, 0.1) is 6.61 Å². The molecule has 2 heterocycles. The number of pyridine rings is 1. The topological polar surface area (TPSA) is 67.2 Å². The Hall–Kier alpha value is -1.88. The molecule has 0 saturated carbocycles. The number of aliphatic hydroxyl groups is 1. The maximum atomic E-state index is 12.0. The van der Waals surface area contributed by atoms with Gasteiger partial charge < -0.3 is 15.0 Å². The summed E-state index contributed by atoms with van der Waals surface area (Å²) in [5.74, 6) is 0.352. The second-order valence-corrected chi connectivity index (χ2v) is 5.42. The van der Waals surface area contributed by atoms with Crippen LogP contribution in [0, 0.1) is 5.92 Å². The van der Waals surface area contributed by atoms with Crippen LogP contribution in [-0.2, 0) is 17.9 Å². The van der Waals surface area contributed by atoms with E-state index in [0.29, 0.717) is 5.92 Å². The minimum atomic E-state index is -0.0563. The van der Waals surface area contributed by atoms with Gasteiger partial charge in [0.2, 0.25) is 5.91 Å². The average molecular weight is 275 g/mol. The zero-order valence-corrected chi connectivity index (χ0v) is 12.1. The van der Waals surface area contributed by atoms with Gasteiger partial charge in [-0.1, -0.05) is 13.8 Å². The van der Waals surface area contributed by atoms with Crippen molar-refractivity contribution < 1.29 is 9.90 Å². The number of nitrogens with zero attached hydrogens (tertiary/aromatic N) is 2. The summed E-state index contributed by atoms with van der Waals surface area (Å²) in [6, 6.07) is 3.86. The smallest absolute Gasteiger partial charge is 0.240 e. The summed E-state index contributed by atoms with van der Waals surface area (Å²) < 4.78 is 1.78. The van der Waals surface area contributed by atoms with Crippen LogP contribution >= 0.6 is 0 Å². The molecule has 108 valence electrons. The second kappa shape index (κ2) is 6.05. The highest BCUT2D eigenvalue weighted by Crippen LogP contribution is 2.19. The van der Waals surface area contributed by atoms with E-state index in [1.54, 1.807) is 17.0 Å². The van der Waals surface area contributed by atoms with E-state index in [-0.39, 0.29) is 25.1 Å². The van der Waals surface area contributed by atoms with Crippen molar-refractivity contribution in [3.8, 4) is 0 Å². The van der Waals surface area contributed by atoms with E-state index in [1.807, 2.05) is 19.1 Å². The quantitative estimate of drug-likeness (QED) is 0.872. The molecule has 0 radical (unpaired) electrons. The number of fused-ring (bicyclic) bond motifs is 1. The summed E-state index contributed by atoms with van der Waals surface area (Å²) in [6.07, 6.45) is 3.48. The summed E-state index contributed by atoms with van der Waals surface area (Å²) in [4.78, 5) is 16.3. The van der Waals surface area contributed by atoms with Crippen molar-refractivity contribution in [3.63, 3.8) is 0 Å². The average Bonchev–Trinajstić information content (AvgIpc) is 2.77. The Morgan fingerprint density at radius 3 is 2.85 bits per heavy atom. The molecule has 5 heteroatoms. The molecule has 0 aliphatic heterocycles. The summed E-state index contributed by atoms with van der Waals surface area (Å²) in [5, 5.41) is 13.2. The fraction of sp³-hybridized carbons (Fsp3) is 0.467. The number of hydrogen-bond donors (Lipinski definition) is 2. The lowest BCUT2D eigenvalue weighted by molar-refractivity contribution is -0.122. The maximum absolute atomic E-state index is 12.0. The van der Waals surface area contributed by atoms with Crippen LogP contribution < -0.4 is 5.32 Å². The molecule has 0 bridgehead atoms. The van der Waals surface area contributed by atoms with Crippen molar-refractivity contribution in [3.05, 3.63) is 30.1 Å². The van der Waals surface area contributed by atoms with Crippen molar-refractivity contribution >= 4 is 16.9 Å². The summed E-state index contributed by atoms with van der Waals surface area (Å²) in [7, 11) is 0. The molecule has 2 N–H and O–H groups in total. The van der Waals surface area contributed by atoms with Gasteiger partial charge in [0, 0.05) is 29.4 Å². The van der Waals surface area contributed by atoms with Crippen LogP contribution in [0.3, 0.4) is 0 Å². The molecule has 2 aromatic heterocycles. The van der Waals surface area contributed by atoms with Crippen molar-refractivity contribution in [2.24, 2.45) is 5.92 Å². The number of rotatable bonds is 5. The monoisotopic (exact) mass is 275 g/mol. The van der Waals surface area contributed by atoms with Crippen LogP contribution in [0.5, 0.6) is 0 Å². The molecule has 2 rings (SSSR count). The number of aliphatic hydroxyl groups excluding tert-OH is 1.